The van der Waals surface area contributed by atoms with Crippen LogP contribution in [0.3, 0.4) is 0 Å². The molecule has 21 heavy (non-hydrogen) atoms. The number of nitrogens with zero attached hydrogens (tertiary/aromatic N) is 1. The maximum Gasteiger partial charge on any atom is 0.270 e. The fraction of sp³-hybridized carbons (Fsp3) is 0. The van der Waals surface area contributed by atoms with Crippen molar-refractivity contribution < 1.29 is 9.18 Å². The summed E-state index contributed by atoms with van der Waals surface area (Å²) in [5.41, 5.74) is 1.52. The lowest BCUT2D eigenvalue weighted by Gasteiger charge is -2.14. The summed E-state index contributed by atoms with van der Waals surface area (Å²) in [5, 5.41) is 0. The van der Waals surface area contributed by atoms with Gasteiger partial charge in [0, 0.05) is 0 Å². The van der Waals surface area contributed by atoms with Crippen LogP contribution in [0.5, 0.6) is 0 Å². The molecule has 1 aliphatic rings. The van der Waals surface area contributed by atoms with Crippen LogP contribution in [0.4, 0.5) is 10.1 Å². The predicted octanol–water partition coefficient (Wildman–Crippen LogP) is 4.23. The quantitative estimate of drug-likeness (QED) is 0.611. The molecule has 5 heteroatoms. The highest BCUT2D eigenvalue weighted by atomic mass is 32.2. The third-order valence-corrected chi connectivity index (χ3v) is 4.28. The number of carbonyl (C=O) groups excluding carboxylic acids is 1. The molecular weight excluding hydrogens is 305 g/mol. The van der Waals surface area contributed by atoms with E-state index in [1.54, 1.807) is 12.1 Å². The zero-order valence-corrected chi connectivity index (χ0v) is 12.5. The molecule has 0 aliphatic carbocycles. The first-order chi connectivity index (χ1) is 10.1. The highest BCUT2D eigenvalue weighted by Gasteiger charge is 2.33. The Morgan fingerprint density at radius 2 is 1.71 bits per heavy atom. The summed E-state index contributed by atoms with van der Waals surface area (Å²) in [5.74, 6) is -0.524. The largest absolute Gasteiger partial charge is 0.270 e. The number of amides is 1. The lowest BCUT2D eigenvalue weighted by atomic mass is 10.2. The van der Waals surface area contributed by atoms with E-state index in [1.807, 2.05) is 36.4 Å². The topological polar surface area (TPSA) is 20.3 Å². The van der Waals surface area contributed by atoms with E-state index in [4.69, 9.17) is 12.2 Å². The van der Waals surface area contributed by atoms with Crippen molar-refractivity contribution in [1.29, 1.82) is 0 Å². The monoisotopic (exact) mass is 315 g/mol. The standard InChI is InChI=1S/C16H10FNOS2/c17-12-6-8-13(9-7-12)18-15(19)14(21-16(18)20)10-11-4-2-1-3-5-11/h1-10H/b14-10-. The average molecular weight is 315 g/mol. The van der Waals surface area contributed by atoms with Gasteiger partial charge in [0.15, 0.2) is 4.32 Å². The number of rotatable bonds is 2. The van der Waals surface area contributed by atoms with Gasteiger partial charge in [-0.05, 0) is 35.9 Å². The van der Waals surface area contributed by atoms with Crippen LogP contribution in [0.15, 0.2) is 59.5 Å². The highest BCUT2D eigenvalue weighted by Crippen LogP contribution is 2.35. The van der Waals surface area contributed by atoms with Crippen molar-refractivity contribution in [1.82, 2.24) is 0 Å². The summed E-state index contributed by atoms with van der Waals surface area (Å²) in [6, 6.07) is 15.3. The van der Waals surface area contributed by atoms with E-state index in [-0.39, 0.29) is 11.7 Å². The van der Waals surface area contributed by atoms with Gasteiger partial charge in [-0.15, -0.1) is 0 Å². The van der Waals surface area contributed by atoms with Gasteiger partial charge < -0.3 is 0 Å². The van der Waals surface area contributed by atoms with Gasteiger partial charge in [0.1, 0.15) is 5.82 Å². The van der Waals surface area contributed by atoms with Crippen LogP contribution < -0.4 is 4.90 Å². The number of thiocarbonyl (C=S) groups is 1. The molecule has 104 valence electrons. The SMILES string of the molecule is O=C1/C(=C/c2ccccc2)SC(=S)N1c1ccc(F)cc1. The maximum atomic E-state index is 13.0. The fourth-order valence-electron chi connectivity index (χ4n) is 1.98. The molecule has 1 heterocycles. The van der Waals surface area contributed by atoms with E-state index >= 15 is 0 Å². The minimum atomic E-state index is -0.344. The van der Waals surface area contributed by atoms with E-state index in [2.05, 4.69) is 0 Å². The van der Waals surface area contributed by atoms with Gasteiger partial charge in [0.2, 0.25) is 0 Å². The number of hydrogen-bond acceptors (Lipinski definition) is 3. The molecule has 1 saturated heterocycles. The number of hydrogen-bond donors (Lipinski definition) is 0. The summed E-state index contributed by atoms with van der Waals surface area (Å²) >= 11 is 6.51. The van der Waals surface area contributed by atoms with Crippen molar-refractivity contribution in [3.8, 4) is 0 Å². The Labute approximate surface area is 131 Å². The zero-order valence-electron chi connectivity index (χ0n) is 10.8. The van der Waals surface area contributed by atoms with Crippen molar-refractivity contribution in [3.05, 3.63) is 70.9 Å². The van der Waals surface area contributed by atoms with Crippen LogP contribution in [0.25, 0.3) is 6.08 Å². The Hall–Kier alpha value is -1.98. The van der Waals surface area contributed by atoms with Crippen LogP contribution >= 0.6 is 24.0 Å². The van der Waals surface area contributed by atoms with Gasteiger partial charge in [-0.2, -0.15) is 0 Å². The second kappa shape index (κ2) is 5.79. The fourth-order valence-corrected chi connectivity index (χ4v) is 3.28. The Morgan fingerprint density at radius 3 is 2.38 bits per heavy atom. The molecule has 0 spiro atoms. The van der Waals surface area contributed by atoms with E-state index in [0.717, 1.165) is 5.56 Å². The van der Waals surface area contributed by atoms with Crippen molar-refractivity contribution in [3.63, 3.8) is 0 Å². The molecule has 0 radical (unpaired) electrons. The predicted molar refractivity (Wildman–Crippen MR) is 88.5 cm³/mol. The van der Waals surface area contributed by atoms with Crippen molar-refractivity contribution in [2.45, 2.75) is 0 Å². The van der Waals surface area contributed by atoms with Crippen LogP contribution in [0.2, 0.25) is 0 Å². The molecule has 0 atom stereocenters. The number of benzene rings is 2. The van der Waals surface area contributed by atoms with Gasteiger partial charge in [-0.25, -0.2) is 4.39 Å². The first-order valence-electron chi connectivity index (χ1n) is 6.24. The van der Waals surface area contributed by atoms with Gasteiger partial charge in [0.25, 0.3) is 5.91 Å². The maximum absolute atomic E-state index is 13.0. The first-order valence-corrected chi connectivity index (χ1v) is 7.46. The summed E-state index contributed by atoms with van der Waals surface area (Å²) in [6.07, 6.45) is 1.81. The Bertz CT molecular complexity index is 726. The van der Waals surface area contributed by atoms with Crippen LogP contribution in [0, 0.1) is 5.82 Å². The van der Waals surface area contributed by atoms with Crippen LogP contribution in [-0.4, -0.2) is 10.2 Å². The highest BCUT2D eigenvalue weighted by molar-refractivity contribution is 8.27. The van der Waals surface area contributed by atoms with E-state index in [0.29, 0.717) is 14.9 Å². The summed E-state index contributed by atoms with van der Waals surface area (Å²) in [6.45, 7) is 0. The molecule has 0 saturated carbocycles. The molecule has 0 bridgehead atoms. The summed E-state index contributed by atoms with van der Waals surface area (Å²) in [4.78, 5) is 14.5. The molecule has 1 aliphatic heterocycles. The zero-order chi connectivity index (χ0) is 14.8. The van der Waals surface area contributed by atoms with Crippen molar-refractivity contribution in [2.24, 2.45) is 0 Å². The smallest absolute Gasteiger partial charge is 0.268 e. The Morgan fingerprint density at radius 1 is 1.05 bits per heavy atom. The van der Waals surface area contributed by atoms with Crippen LogP contribution in [0.1, 0.15) is 5.56 Å². The summed E-state index contributed by atoms with van der Waals surface area (Å²) < 4.78 is 13.4. The molecule has 0 N–H and O–H groups in total. The van der Waals surface area contributed by atoms with Crippen molar-refractivity contribution in [2.75, 3.05) is 4.90 Å². The molecule has 2 nitrogen and oxygen atoms in total. The Kier molecular flexibility index (Phi) is 3.86. The molecule has 0 unspecified atom stereocenters. The number of carbonyl (C=O) groups is 1. The summed E-state index contributed by atoms with van der Waals surface area (Å²) in [7, 11) is 0. The molecule has 3 rings (SSSR count). The minimum absolute atomic E-state index is 0.180. The third kappa shape index (κ3) is 2.89. The minimum Gasteiger partial charge on any atom is -0.268 e. The van der Waals surface area contributed by atoms with Gasteiger partial charge in [-0.1, -0.05) is 54.3 Å². The second-order valence-corrected chi connectivity index (χ2v) is 6.08. The van der Waals surface area contributed by atoms with Gasteiger partial charge in [-0.3, -0.25) is 9.69 Å². The third-order valence-electron chi connectivity index (χ3n) is 2.98. The second-order valence-electron chi connectivity index (χ2n) is 4.40. The van der Waals surface area contributed by atoms with Gasteiger partial charge >= 0.3 is 0 Å². The Balaban J connectivity index is 1.92. The lowest BCUT2D eigenvalue weighted by molar-refractivity contribution is -0.113. The number of anilines is 1. The lowest BCUT2D eigenvalue weighted by Crippen LogP contribution is -2.27. The van der Waals surface area contributed by atoms with E-state index < -0.39 is 0 Å². The van der Waals surface area contributed by atoms with E-state index in [1.165, 1.54) is 28.8 Å². The molecule has 2 aromatic carbocycles. The van der Waals surface area contributed by atoms with Crippen LogP contribution in [-0.2, 0) is 4.79 Å². The molecular formula is C16H10FNOS2. The number of thioether (sulfide) groups is 1. The van der Waals surface area contributed by atoms with Gasteiger partial charge in [0.05, 0.1) is 10.6 Å². The average Bonchev–Trinajstić information content (AvgIpc) is 2.76. The molecule has 2 aromatic rings. The molecule has 1 amide bonds. The molecule has 1 fully saturated rings. The first kappa shape index (κ1) is 14.0. The normalized spacial score (nSPS) is 16.8. The molecule has 0 aromatic heterocycles. The van der Waals surface area contributed by atoms with E-state index in [9.17, 15) is 9.18 Å². The van der Waals surface area contributed by atoms with Crippen molar-refractivity contribution >= 4 is 46.0 Å². The number of halogens is 1.